The number of nitrogens with one attached hydrogen (secondary N) is 1. The fourth-order valence-electron chi connectivity index (χ4n) is 3.09. The highest BCUT2D eigenvalue weighted by Gasteiger charge is 2.17. The fourth-order valence-corrected chi connectivity index (χ4v) is 3.09. The summed E-state index contributed by atoms with van der Waals surface area (Å²) in [5.74, 6) is 1.24. The van der Waals surface area contributed by atoms with Crippen LogP contribution in [0.3, 0.4) is 0 Å². The largest absolute Gasteiger partial charge is 0.454 e. The van der Waals surface area contributed by atoms with Crippen molar-refractivity contribution < 1.29 is 18.7 Å². The second-order valence-corrected chi connectivity index (χ2v) is 7.56. The molecule has 2 aromatic heterocycles. The number of carbonyl (C=O) groups is 2. The molecule has 0 aliphatic heterocycles. The van der Waals surface area contributed by atoms with E-state index < -0.39 is 0 Å². The van der Waals surface area contributed by atoms with Crippen LogP contribution < -0.4 is 5.32 Å². The molecular weight excluding hydrogens is 370 g/mol. The quantitative estimate of drug-likeness (QED) is 0.552. The number of ether oxygens (including phenoxy) is 1. The van der Waals surface area contributed by atoms with Crippen molar-refractivity contribution in [3.05, 3.63) is 47.7 Å². The number of nitrogens with zero attached hydrogens (tertiary/aromatic N) is 2. The monoisotopic (exact) mass is 403 g/mol. The first kappa shape index (κ1) is 22.7. The molecular formula is C22H33N3O4. The lowest BCUT2D eigenvalue weighted by molar-refractivity contribution is -0.132. The molecule has 0 spiro atoms. The van der Waals surface area contributed by atoms with Crippen molar-refractivity contribution in [3.8, 4) is 0 Å². The van der Waals surface area contributed by atoms with E-state index in [1.165, 1.54) is 0 Å². The van der Waals surface area contributed by atoms with Crippen molar-refractivity contribution >= 4 is 11.8 Å². The maximum atomic E-state index is 12.6. The standard InChI is InChI=1S/C22H33N3O4/c1-5-11-25(21(26)14-17(2)3)15-18-7-6-12-24(18)16-19-8-9-20(29-19)22(27)23-10-13-28-4/h6-9,12,17H,5,10-11,13-16H2,1-4H3,(H,23,27). The molecule has 0 radical (unpaired) electrons. The summed E-state index contributed by atoms with van der Waals surface area (Å²) in [5, 5.41) is 2.74. The number of furan rings is 1. The average Bonchev–Trinajstić information content (AvgIpc) is 3.31. The van der Waals surface area contributed by atoms with E-state index in [1.54, 1.807) is 13.2 Å². The molecule has 0 bridgehead atoms. The summed E-state index contributed by atoms with van der Waals surface area (Å²) in [7, 11) is 1.59. The predicted molar refractivity (Wildman–Crippen MR) is 112 cm³/mol. The smallest absolute Gasteiger partial charge is 0.287 e. The number of rotatable bonds is 12. The minimum Gasteiger partial charge on any atom is -0.454 e. The topological polar surface area (TPSA) is 76.7 Å². The molecule has 0 aliphatic rings. The lowest BCUT2D eigenvalue weighted by Gasteiger charge is -2.24. The van der Waals surface area contributed by atoms with Gasteiger partial charge in [-0.05, 0) is 36.6 Å². The van der Waals surface area contributed by atoms with Gasteiger partial charge in [-0.1, -0.05) is 20.8 Å². The summed E-state index contributed by atoms with van der Waals surface area (Å²) < 4.78 is 12.7. The lowest BCUT2D eigenvalue weighted by Crippen LogP contribution is -2.32. The van der Waals surface area contributed by atoms with E-state index in [2.05, 4.69) is 30.7 Å². The second-order valence-electron chi connectivity index (χ2n) is 7.56. The third-order valence-electron chi connectivity index (χ3n) is 4.51. The van der Waals surface area contributed by atoms with Gasteiger partial charge < -0.3 is 23.9 Å². The Bertz CT molecular complexity index is 779. The van der Waals surface area contributed by atoms with Crippen LogP contribution in [0.1, 0.15) is 55.6 Å². The van der Waals surface area contributed by atoms with Crippen molar-refractivity contribution in [3.63, 3.8) is 0 Å². The van der Waals surface area contributed by atoms with Crippen LogP contribution in [0.4, 0.5) is 0 Å². The van der Waals surface area contributed by atoms with Gasteiger partial charge in [-0.25, -0.2) is 0 Å². The summed E-state index contributed by atoms with van der Waals surface area (Å²) >= 11 is 0. The first-order chi connectivity index (χ1) is 13.9. The van der Waals surface area contributed by atoms with Gasteiger partial charge in [0.25, 0.3) is 5.91 Å². The zero-order chi connectivity index (χ0) is 21.2. The number of hydrogen-bond acceptors (Lipinski definition) is 4. The minimum absolute atomic E-state index is 0.183. The van der Waals surface area contributed by atoms with E-state index in [4.69, 9.17) is 9.15 Å². The van der Waals surface area contributed by atoms with Crippen molar-refractivity contribution in [2.45, 2.75) is 46.7 Å². The number of aromatic nitrogens is 1. The molecule has 7 heteroatoms. The Hall–Kier alpha value is -2.54. The lowest BCUT2D eigenvalue weighted by atomic mass is 10.1. The van der Waals surface area contributed by atoms with Crippen LogP contribution in [0.25, 0.3) is 0 Å². The van der Waals surface area contributed by atoms with E-state index in [9.17, 15) is 9.59 Å². The molecule has 0 unspecified atom stereocenters. The van der Waals surface area contributed by atoms with Crippen LogP contribution in [-0.4, -0.2) is 48.1 Å². The maximum absolute atomic E-state index is 12.6. The SMILES string of the molecule is CCCN(Cc1cccn1Cc1ccc(C(=O)NCCOC)o1)C(=O)CC(C)C. The third kappa shape index (κ3) is 7.09. The van der Waals surface area contributed by atoms with E-state index in [0.29, 0.717) is 44.3 Å². The molecule has 160 valence electrons. The van der Waals surface area contributed by atoms with Crippen LogP contribution in [0.2, 0.25) is 0 Å². The van der Waals surface area contributed by atoms with Crippen molar-refractivity contribution in [1.29, 1.82) is 0 Å². The zero-order valence-corrected chi connectivity index (χ0v) is 17.9. The van der Waals surface area contributed by atoms with Gasteiger partial charge >= 0.3 is 0 Å². The van der Waals surface area contributed by atoms with Gasteiger partial charge in [0, 0.05) is 38.5 Å². The number of methoxy groups -OCH3 is 1. The highest BCUT2D eigenvalue weighted by molar-refractivity contribution is 5.91. The minimum atomic E-state index is -0.255. The van der Waals surface area contributed by atoms with Gasteiger partial charge in [0.05, 0.1) is 19.7 Å². The summed E-state index contributed by atoms with van der Waals surface area (Å²) in [6.45, 7) is 8.90. The fraction of sp³-hybridized carbons (Fsp3) is 0.545. The summed E-state index contributed by atoms with van der Waals surface area (Å²) in [6, 6.07) is 7.47. The van der Waals surface area contributed by atoms with Crippen LogP contribution in [0, 0.1) is 5.92 Å². The molecule has 0 aromatic carbocycles. The Balaban J connectivity index is 2.02. The number of hydrogen-bond donors (Lipinski definition) is 1. The van der Waals surface area contributed by atoms with Gasteiger partial charge in [0.15, 0.2) is 5.76 Å². The first-order valence-corrected chi connectivity index (χ1v) is 10.2. The van der Waals surface area contributed by atoms with E-state index in [-0.39, 0.29) is 17.6 Å². The zero-order valence-electron chi connectivity index (χ0n) is 17.9. The molecule has 0 aliphatic carbocycles. The van der Waals surface area contributed by atoms with Gasteiger partial charge in [-0.15, -0.1) is 0 Å². The van der Waals surface area contributed by atoms with Crippen LogP contribution in [0.15, 0.2) is 34.9 Å². The average molecular weight is 404 g/mol. The van der Waals surface area contributed by atoms with E-state index >= 15 is 0 Å². The molecule has 7 nitrogen and oxygen atoms in total. The highest BCUT2D eigenvalue weighted by Crippen LogP contribution is 2.15. The molecule has 2 aromatic rings. The van der Waals surface area contributed by atoms with Gasteiger partial charge in [0.1, 0.15) is 5.76 Å². The van der Waals surface area contributed by atoms with Crippen molar-refractivity contribution in [2.24, 2.45) is 5.92 Å². The molecule has 0 fully saturated rings. The van der Waals surface area contributed by atoms with Crippen molar-refractivity contribution in [1.82, 2.24) is 14.8 Å². The van der Waals surface area contributed by atoms with E-state index in [1.807, 2.05) is 29.3 Å². The second kappa shape index (κ2) is 11.5. The molecule has 0 atom stereocenters. The maximum Gasteiger partial charge on any atom is 0.287 e. The summed E-state index contributed by atoms with van der Waals surface area (Å²) in [5.41, 5.74) is 1.04. The Kier molecular flexibility index (Phi) is 8.99. The van der Waals surface area contributed by atoms with Crippen LogP contribution >= 0.6 is 0 Å². The normalized spacial score (nSPS) is 11.1. The van der Waals surface area contributed by atoms with Crippen molar-refractivity contribution in [2.75, 3.05) is 26.8 Å². The van der Waals surface area contributed by atoms with Gasteiger partial charge in [-0.2, -0.15) is 0 Å². The molecule has 2 heterocycles. The Labute approximate surface area is 173 Å². The molecule has 0 saturated heterocycles. The predicted octanol–water partition coefficient (Wildman–Crippen LogP) is 3.29. The summed E-state index contributed by atoms with van der Waals surface area (Å²) in [6.07, 6.45) is 3.44. The molecule has 2 amide bonds. The van der Waals surface area contributed by atoms with E-state index in [0.717, 1.165) is 18.7 Å². The molecule has 1 N–H and O–H groups in total. The van der Waals surface area contributed by atoms with Crippen LogP contribution in [-0.2, 0) is 22.6 Å². The molecule has 2 rings (SSSR count). The first-order valence-electron chi connectivity index (χ1n) is 10.2. The Morgan fingerprint density at radius 2 is 2.07 bits per heavy atom. The number of carbonyl (C=O) groups excluding carboxylic acids is 2. The summed E-state index contributed by atoms with van der Waals surface area (Å²) in [4.78, 5) is 26.6. The Morgan fingerprint density at radius 1 is 1.28 bits per heavy atom. The molecule has 0 saturated carbocycles. The highest BCUT2D eigenvalue weighted by atomic mass is 16.5. The van der Waals surface area contributed by atoms with Crippen LogP contribution in [0.5, 0.6) is 0 Å². The Morgan fingerprint density at radius 3 is 2.76 bits per heavy atom. The third-order valence-corrected chi connectivity index (χ3v) is 4.51. The van der Waals surface area contributed by atoms with Gasteiger partial charge in [0.2, 0.25) is 5.91 Å². The van der Waals surface area contributed by atoms with Gasteiger partial charge in [-0.3, -0.25) is 9.59 Å². The molecule has 29 heavy (non-hydrogen) atoms. The number of amides is 2.